The van der Waals surface area contributed by atoms with Crippen LogP contribution in [-0.2, 0) is 4.74 Å². The van der Waals surface area contributed by atoms with Crippen LogP contribution in [0.15, 0.2) is 22.7 Å². The van der Waals surface area contributed by atoms with Gasteiger partial charge in [-0.3, -0.25) is 4.79 Å². The molecule has 2 rings (SSSR count). The molecule has 22 heavy (non-hydrogen) atoms. The van der Waals surface area contributed by atoms with E-state index in [0.717, 1.165) is 12.8 Å². The number of aromatic carboxylic acids is 1. The molecular formula is C16H20BrNO4. The first kappa shape index (κ1) is 17.0. The molecule has 2 N–H and O–H groups in total. The number of ether oxygens (including phenoxy) is 1. The minimum atomic E-state index is -1.05. The normalized spacial score (nSPS) is 21.6. The number of halogens is 1. The van der Waals surface area contributed by atoms with Gasteiger partial charge < -0.3 is 15.2 Å². The van der Waals surface area contributed by atoms with E-state index in [1.165, 1.54) is 12.1 Å². The van der Waals surface area contributed by atoms with Gasteiger partial charge in [0.1, 0.15) is 0 Å². The van der Waals surface area contributed by atoms with E-state index in [1.54, 1.807) is 6.07 Å². The van der Waals surface area contributed by atoms with E-state index in [0.29, 0.717) is 22.6 Å². The fourth-order valence-electron chi connectivity index (χ4n) is 2.54. The Labute approximate surface area is 138 Å². The summed E-state index contributed by atoms with van der Waals surface area (Å²) in [7, 11) is 0. The van der Waals surface area contributed by atoms with Gasteiger partial charge in [0.2, 0.25) is 0 Å². The van der Waals surface area contributed by atoms with E-state index in [-0.39, 0.29) is 23.6 Å². The molecule has 2 atom stereocenters. The summed E-state index contributed by atoms with van der Waals surface area (Å²) in [6, 6.07) is 4.55. The van der Waals surface area contributed by atoms with E-state index in [9.17, 15) is 9.59 Å². The minimum absolute atomic E-state index is 0.0564. The Kier molecular flexibility index (Phi) is 5.58. The summed E-state index contributed by atoms with van der Waals surface area (Å²) in [6.07, 6.45) is 1.70. The lowest BCUT2D eigenvalue weighted by Crippen LogP contribution is -2.43. The highest BCUT2D eigenvalue weighted by Crippen LogP contribution is 2.21. The summed E-state index contributed by atoms with van der Waals surface area (Å²) in [6.45, 7) is 4.83. The Hall–Kier alpha value is -1.40. The van der Waals surface area contributed by atoms with Gasteiger partial charge in [0, 0.05) is 22.7 Å². The summed E-state index contributed by atoms with van der Waals surface area (Å²) < 4.78 is 6.26. The second-order valence-corrected chi connectivity index (χ2v) is 6.80. The second kappa shape index (κ2) is 7.24. The van der Waals surface area contributed by atoms with Crippen molar-refractivity contribution in [2.75, 3.05) is 6.61 Å². The molecule has 6 heteroatoms. The predicted molar refractivity (Wildman–Crippen MR) is 86.2 cm³/mol. The van der Waals surface area contributed by atoms with Crippen molar-refractivity contribution in [3.8, 4) is 0 Å². The highest BCUT2D eigenvalue weighted by molar-refractivity contribution is 9.10. The summed E-state index contributed by atoms with van der Waals surface area (Å²) in [5.74, 6) is -0.899. The Balaban J connectivity index is 2.07. The number of carboxylic acid groups (broad SMARTS) is 1. The Morgan fingerprint density at radius 3 is 2.64 bits per heavy atom. The Morgan fingerprint density at radius 2 is 2.00 bits per heavy atom. The summed E-state index contributed by atoms with van der Waals surface area (Å²) in [5.41, 5.74) is 0.436. The number of amides is 1. The van der Waals surface area contributed by atoms with E-state index in [1.807, 2.05) is 0 Å². The van der Waals surface area contributed by atoms with Crippen molar-refractivity contribution >= 4 is 27.8 Å². The fourth-order valence-corrected chi connectivity index (χ4v) is 3.03. The molecule has 5 nitrogen and oxygen atoms in total. The molecule has 0 bridgehead atoms. The van der Waals surface area contributed by atoms with Crippen LogP contribution < -0.4 is 5.32 Å². The molecule has 1 aliphatic rings. The molecule has 0 aliphatic carbocycles. The molecule has 120 valence electrons. The van der Waals surface area contributed by atoms with Gasteiger partial charge in [-0.25, -0.2) is 4.79 Å². The highest BCUT2D eigenvalue weighted by atomic mass is 79.9. The van der Waals surface area contributed by atoms with Crippen LogP contribution in [0.3, 0.4) is 0 Å². The van der Waals surface area contributed by atoms with Crippen molar-refractivity contribution in [1.82, 2.24) is 5.32 Å². The predicted octanol–water partition coefficient (Wildman–Crippen LogP) is 3.08. The standard InChI is InChI=1S/C16H20BrNO4/c1-9(2)14-8-13(3-4-22-14)18-15(19)10-5-11(16(20)21)7-12(17)6-10/h5-7,9,13-14H,3-4,8H2,1-2H3,(H,18,19)(H,20,21). The van der Waals surface area contributed by atoms with Crippen molar-refractivity contribution in [3.63, 3.8) is 0 Å². The molecule has 0 saturated carbocycles. The third-order valence-electron chi connectivity index (χ3n) is 3.80. The van der Waals surface area contributed by atoms with E-state index >= 15 is 0 Å². The van der Waals surface area contributed by atoms with Crippen LogP contribution in [0.1, 0.15) is 47.4 Å². The van der Waals surface area contributed by atoms with Gasteiger partial charge in [0.25, 0.3) is 5.91 Å². The number of carbonyl (C=O) groups excluding carboxylic acids is 1. The fraction of sp³-hybridized carbons (Fsp3) is 0.500. The number of carbonyl (C=O) groups is 2. The molecule has 0 aromatic heterocycles. The molecule has 1 aliphatic heterocycles. The Bertz CT molecular complexity index is 573. The highest BCUT2D eigenvalue weighted by Gasteiger charge is 2.26. The van der Waals surface area contributed by atoms with Gasteiger partial charge in [-0.05, 0) is 37.0 Å². The van der Waals surface area contributed by atoms with Gasteiger partial charge in [0.15, 0.2) is 0 Å². The molecule has 2 unspecified atom stereocenters. The average molecular weight is 370 g/mol. The number of hydrogen-bond acceptors (Lipinski definition) is 3. The number of nitrogens with one attached hydrogen (secondary N) is 1. The molecule has 0 radical (unpaired) electrons. The van der Waals surface area contributed by atoms with Crippen molar-refractivity contribution in [2.24, 2.45) is 5.92 Å². The largest absolute Gasteiger partial charge is 0.478 e. The molecule has 1 heterocycles. The molecule has 1 aromatic carbocycles. The van der Waals surface area contributed by atoms with Crippen LogP contribution in [0.5, 0.6) is 0 Å². The van der Waals surface area contributed by atoms with Crippen molar-refractivity contribution in [1.29, 1.82) is 0 Å². The minimum Gasteiger partial charge on any atom is -0.478 e. The topological polar surface area (TPSA) is 75.6 Å². The molecule has 0 spiro atoms. The Morgan fingerprint density at radius 1 is 1.32 bits per heavy atom. The van der Waals surface area contributed by atoms with Crippen LogP contribution in [0.2, 0.25) is 0 Å². The molecule has 1 saturated heterocycles. The number of rotatable bonds is 4. The SMILES string of the molecule is CC(C)C1CC(NC(=O)c2cc(Br)cc(C(=O)O)c2)CCO1. The number of carboxylic acids is 1. The van der Waals surface area contributed by atoms with Crippen molar-refractivity contribution in [3.05, 3.63) is 33.8 Å². The average Bonchev–Trinajstić information content (AvgIpc) is 2.46. The van der Waals surface area contributed by atoms with Crippen molar-refractivity contribution < 1.29 is 19.4 Å². The number of hydrogen-bond donors (Lipinski definition) is 2. The lowest BCUT2D eigenvalue weighted by Gasteiger charge is -2.32. The first-order valence-corrected chi connectivity index (χ1v) is 8.12. The third kappa shape index (κ3) is 4.30. The van der Waals surface area contributed by atoms with Crippen LogP contribution in [-0.4, -0.2) is 35.7 Å². The van der Waals surface area contributed by atoms with Crippen LogP contribution >= 0.6 is 15.9 Å². The van der Waals surface area contributed by atoms with Crippen LogP contribution in [0.4, 0.5) is 0 Å². The summed E-state index contributed by atoms with van der Waals surface area (Å²) in [5, 5.41) is 12.0. The maximum atomic E-state index is 12.4. The maximum absolute atomic E-state index is 12.4. The smallest absolute Gasteiger partial charge is 0.335 e. The lowest BCUT2D eigenvalue weighted by atomic mass is 9.95. The van der Waals surface area contributed by atoms with Gasteiger partial charge in [-0.15, -0.1) is 0 Å². The zero-order valence-electron chi connectivity index (χ0n) is 12.6. The number of benzene rings is 1. The molecule has 1 aromatic rings. The van der Waals surface area contributed by atoms with Gasteiger partial charge in [-0.2, -0.15) is 0 Å². The molecule has 1 fully saturated rings. The summed E-state index contributed by atoms with van der Waals surface area (Å²) in [4.78, 5) is 23.4. The van der Waals surface area contributed by atoms with Gasteiger partial charge in [-0.1, -0.05) is 29.8 Å². The van der Waals surface area contributed by atoms with E-state index in [4.69, 9.17) is 9.84 Å². The van der Waals surface area contributed by atoms with Gasteiger partial charge in [0.05, 0.1) is 11.7 Å². The first-order chi connectivity index (χ1) is 10.4. The van der Waals surface area contributed by atoms with Gasteiger partial charge >= 0.3 is 5.97 Å². The molecular weight excluding hydrogens is 350 g/mol. The van der Waals surface area contributed by atoms with Crippen molar-refractivity contribution in [2.45, 2.75) is 38.8 Å². The van der Waals surface area contributed by atoms with Crippen LogP contribution in [0, 0.1) is 5.92 Å². The third-order valence-corrected chi connectivity index (χ3v) is 4.26. The maximum Gasteiger partial charge on any atom is 0.335 e. The van der Waals surface area contributed by atoms with Crippen LogP contribution in [0.25, 0.3) is 0 Å². The van der Waals surface area contributed by atoms with E-state index in [2.05, 4.69) is 35.1 Å². The second-order valence-electron chi connectivity index (χ2n) is 5.88. The monoisotopic (exact) mass is 369 g/mol. The first-order valence-electron chi connectivity index (χ1n) is 7.33. The molecule has 1 amide bonds. The quantitative estimate of drug-likeness (QED) is 0.854. The lowest BCUT2D eigenvalue weighted by molar-refractivity contribution is -0.0233. The zero-order chi connectivity index (χ0) is 16.3. The van der Waals surface area contributed by atoms with E-state index < -0.39 is 5.97 Å². The summed E-state index contributed by atoms with van der Waals surface area (Å²) >= 11 is 3.24. The zero-order valence-corrected chi connectivity index (χ0v) is 14.2.